The van der Waals surface area contributed by atoms with E-state index in [1.165, 1.54) is 11.8 Å². The number of aliphatic hydroxyl groups is 2. The van der Waals surface area contributed by atoms with Crippen molar-refractivity contribution in [2.45, 2.75) is 71.3 Å². The van der Waals surface area contributed by atoms with Crippen LogP contribution in [0.25, 0.3) is 0 Å². The minimum atomic E-state index is -0.845. The Morgan fingerprint density at radius 3 is 2.29 bits per heavy atom. The van der Waals surface area contributed by atoms with Crippen LogP contribution >= 0.6 is 24.0 Å². The molecule has 1 heterocycles. The quantitative estimate of drug-likeness (QED) is 0.387. The van der Waals surface area contributed by atoms with Gasteiger partial charge in [-0.1, -0.05) is 68.2 Å². The number of carbonyl (C=O) groups excluding carboxylic acids is 1. The Morgan fingerprint density at radius 1 is 1.26 bits per heavy atom. The lowest BCUT2D eigenvalue weighted by atomic mass is 10.1. The molecule has 2 rings (SSSR count). The van der Waals surface area contributed by atoms with Crippen molar-refractivity contribution in [2.75, 3.05) is 6.54 Å². The molecule has 0 bridgehead atoms. The molecule has 0 spiro atoms. The van der Waals surface area contributed by atoms with Gasteiger partial charge >= 0.3 is 5.97 Å². The van der Waals surface area contributed by atoms with E-state index in [1.54, 1.807) is 18.7 Å². The van der Waals surface area contributed by atoms with E-state index in [0.717, 1.165) is 16.8 Å². The molecule has 1 aromatic rings. The van der Waals surface area contributed by atoms with E-state index in [0.29, 0.717) is 17.3 Å². The molecule has 3 unspecified atom stereocenters. The number of thiocarbonyl (C=S) groups is 1. The fraction of sp³-hybridized carbons (Fsp3) is 0.565. The molecule has 0 radical (unpaired) electrons. The van der Waals surface area contributed by atoms with Gasteiger partial charge in [-0.3, -0.25) is 4.79 Å². The predicted octanol–water partition coefficient (Wildman–Crippen LogP) is 4.25. The van der Waals surface area contributed by atoms with E-state index in [2.05, 4.69) is 5.32 Å². The minimum absolute atomic E-state index is 0.164. The van der Waals surface area contributed by atoms with Crippen LogP contribution in [-0.2, 0) is 9.53 Å². The van der Waals surface area contributed by atoms with Gasteiger partial charge in [-0.15, -0.1) is 0 Å². The van der Waals surface area contributed by atoms with Crippen LogP contribution in [0.3, 0.4) is 0 Å². The third-order valence-corrected chi connectivity index (χ3v) is 6.82. The first kappa shape index (κ1) is 25.8. The maximum Gasteiger partial charge on any atom is 0.322 e. The second-order valence-electron chi connectivity index (χ2n) is 8.56. The van der Waals surface area contributed by atoms with Gasteiger partial charge in [0.2, 0.25) is 0 Å². The van der Waals surface area contributed by atoms with E-state index >= 15 is 0 Å². The molecule has 3 N–H and O–H groups in total. The molecule has 0 saturated heterocycles. The Morgan fingerprint density at radius 2 is 1.81 bits per heavy atom. The van der Waals surface area contributed by atoms with Crippen LogP contribution in [0.2, 0.25) is 0 Å². The first-order chi connectivity index (χ1) is 14.5. The van der Waals surface area contributed by atoms with Crippen molar-refractivity contribution in [3.8, 4) is 0 Å². The zero-order valence-corrected chi connectivity index (χ0v) is 20.7. The number of rotatable bonds is 8. The molecule has 0 fully saturated rings. The number of nitrogens with one attached hydrogen (secondary N) is 1. The minimum Gasteiger partial charge on any atom is -0.461 e. The van der Waals surface area contributed by atoms with Gasteiger partial charge in [0.05, 0.1) is 0 Å². The lowest BCUT2D eigenvalue weighted by Gasteiger charge is -2.27. The van der Waals surface area contributed by atoms with E-state index in [4.69, 9.17) is 17.0 Å². The molecule has 6 nitrogen and oxygen atoms in total. The highest BCUT2D eigenvalue weighted by atomic mass is 32.2. The highest BCUT2D eigenvalue weighted by molar-refractivity contribution is 8.24. The van der Waals surface area contributed by atoms with Gasteiger partial charge in [0.1, 0.15) is 27.6 Å². The maximum absolute atomic E-state index is 12.5. The third kappa shape index (κ3) is 6.52. The van der Waals surface area contributed by atoms with Gasteiger partial charge in [-0.2, -0.15) is 0 Å². The fourth-order valence-corrected chi connectivity index (χ4v) is 4.66. The standard InChI is InChI=1S/C23H34N2O4S2/c1-7-16(12-13-25-19(26)17-10-8-9-11-18(17)20(25)27)24-22(30)31-23(5,6)21(28)29-15(4)14(2)3/h7-11,14-15,19-20,26-27H,12-13H2,1-6H3,(H,24,30)/b16-7-. The van der Waals surface area contributed by atoms with Crippen LogP contribution in [0.5, 0.6) is 0 Å². The number of esters is 1. The Kier molecular flexibility index (Phi) is 9.09. The van der Waals surface area contributed by atoms with Gasteiger partial charge < -0.3 is 20.3 Å². The second kappa shape index (κ2) is 10.9. The number of hydrogen-bond acceptors (Lipinski definition) is 7. The number of fused-ring (bicyclic) bond motifs is 1. The number of benzene rings is 1. The van der Waals surface area contributed by atoms with E-state index in [-0.39, 0.29) is 18.0 Å². The smallest absolute Gasteiger partial charge is 0.322 e. The van der Waals surface area contributed by atoms with Gasteiger partial charge in [0, 0.05) is 29.8 Å². The highest BCUT2D eigenvalue weighted by Gasteiger charge is 2.36. The number of allylic oxidation sites excluding steroid dienone is 1. The molecule has 8 heteroatoms. The van der Waals surface area contributed by atoms with Crippen molar-refractivity contribution >= 4 is 34.3 Å². The molecule has 1 aliphatic rings. The number of thioether (sulfide) groups is 1. The summed E-state index contributed by atoms with van der Waals surface area (Å²) in [5.74, 6) is -0.0576. The maximum atomic E-state index is 12.5. The van der Waals surface area contributed by atoms with Crippen LogP contribution in [0.1, 0.15) is 71.5 Å². The van der Waals surface area contributed by atoms with Crippen molar-refractivity contribution in [2.24, 2.45) is 5.92 Å². The third-order valence-electron chi connectivity index (χ3n) is 5.50. The molecule has 1 aliphatic heterocycles. The lowest BCUT2D eigenvalue weighted by Crippen LogP contribution is -2.37. The Bertz CT molecular complexity index is 797. The molecule has 3 atom stereocenters. The first-order valence-electron chi connectivity index (χ1n) is 10.5. The number of carbonyl (C=O) groups is 1. The summed E-state index contributed by atoms with van der Waals surface area (Å²) >= 11 is 6.72. The summed E-state index contributed by atoms with van der Waals surface area (Å²) in [6, 6.07) is 7.35. The lowest BCUT2D eigenvalue weighted by molar-refractivity contribution is -0.152. The van der Waals surface area contributed by atoms with Crippen LogP contribution in [0.4, 0.5) is 0 Å². The predicted molar refractivity (Wildman–Crippen MR) is 129 cm³/mol. The zero-order chi connectivity index (χ0) is 23.3. The van der Waals surface area contributed by atoms with Crippen molar-refractivity contribution in [3.63, 3.8) is 0 Å². The summed E-state index contributed by atoms with van der Waals surface area (Å²) in [6.07, 6.45) is 0.599. The summed E-state index contributed by atoms with van der Waals surface area (Å²) in [7, 11) is 0. The molecule has 0 aliphatic carbocycles. The zero-order valence-electron chi connectivity index (χ0n) is 19.1. The largest absolute Gasteiger partial charge is 0.461 e. The van der Waals surface area contributed by atoms with E-state index in [9.17, 15) is 15.0 Å². The fourth-order valence-electron chi connectivity index (χ4n) is 3.12. The molecule has 31 heavy (non-hydrogen) atoms. The van der Waals surface area contributed by atoms with E-state index < -0.39 is 17.2 Å². The highest BCUT2D eigenvalue weighted by Crippen LogP contribution is 2.39. The van der Waals surface area contributed by atoms with Crippen molar-refractivity contribution in [3.05, 3.63) is 47.2 Å². The normalized spacial score (nSPS) is 20.5. The Hall–Kier alpha value is -1.45. The monoisotopic (exact) mass is 466 g/mol. The average Bonchev–Trinajstić information content (AvgIpc) is 2.95. The molecule has 172 valence electrons. The number of aliphatic hydroxyl groups excluding tert-OH is 2. The topological polar surface area (TPSA) is 82.0 Å². The van der Waals surface area contributed by atoms with Crippen LogP contribution < -0.4 is 5.32 Å². The molecular weight excluding hydrogens is 432 g/mol. The van der Waals surface area contributed by atoms with Crippen LogP contribution in [-0.4, -0.2) is 42.8 Å². The van der Waals surface area contributed by atoms with Crippen molar-refractivity contribution in [1.82, 2.24) is 10.2 Å². The molecule has 0 saturated carbocycles. The SMILES string of the molecule is C/C=C(/CCN1C(O)c2ccccc2C1O)NC(=S)SC(C)(C)C(=O)OC(C)C(C)C. The van der Waals surface area contributed by atoms with Crippen LogP contribution in [0.15, 0.2) is 36.0 Å². The van der Waals surface area contributed by atoms with Crippen molar-refractivity contribution < 1.29 is 19.7 Å². The number of ether oxygens (including phenoxy) is 1. The van der Waals surface area contributed by atoms with Gasteiger partial charge in [-0.05, 0) is 33.6 Å². The summed E-state index contributed by atoms with van der Waals surface area (Å²) in [5.41, 5.74) is 2.31. The van der Waals surface area contributed by atoms with Crippen molar-refractivity contribution in [1.29, 1.82) is 0 Å². The van der Waals surface area contributed by atoms with Gasteiger partial charge in [-0.25, -0.2) is 4.90 Å². The van der Waals surface area contributed by atoms with Crippen LogP contribution in [0, 0.1) is 5.92 Å². The number of nitrogens with zero attached hydrogens (tertiary/aromatic N) is 1. The Labute approximate surface area is 195 Å². The average molecular weight is 467 g/mol. The number of hydrogen-bond donors (Lipinski definition) is 3. The Balaban J connectivity index is 1.90. The second-order valence-corrected chi connectivity index (χ2v) is 10.9. The van der Waals surface area contributed by atoms with E-state index in [1.807, 2.05) is 58.0 Å². The summed E-state index contributed by atoms with van der Waals surface area (Å²) in [5, 5.41) is 24.3. The summed E-state index contributed by atoms with van der Waals surface area (Å²) in [4.78, 5) is 14.2. The molecule has 0 aromatic heterocycles. The summed E-state index contributed by atoms with van der Waals surface area (Å²) in [6.45, 7) is 11.8. The first-order valence-corrected chi connectivity index (χ1v) is 11.8. The molecular formula is C23H34N2O4S2. The summed E-state index contributed by atoms with van der Waals surface area (Å²) < 4.78 is 5.20. The molecule has 1 aromatic carbocycles. The molecule has 0 amide bonds. The van der Waals surface area contributed by atoms with Gasteiger partial charge in [0.15, 0.2) is 0 Å². The van der Waals surface area contributed by atoms with Gasteiger partial charge in [0.25, 0.3) is 0 Å².